The molecule has 1 unspecified atom stereocenters. The van der Waals surface area contributed by atoms with Crippen LogP contribution in [-0.2, 0) is 0 Å². The van der Waals surface area contributed by atoms with Crippen LogP contribution in [-0.4, -0.2) is 51.9 Å². The van der Waals surface area contributed by atoms with Crippen molar-refractivity contribution in [2.75, 3.05) is 25.0 Å². The first-order chi connectivity index (χ1) is 11.6. The van der Waals surface area contributed by atoms with Crippen LogP contribution in [0, 0.1) is 0 Å². The Morgan fingerprint density at radius 3 is 2.88 bits per heavy atom. The minimum Gasteiger partial charge on any atom is -0.477 e. The van der Waals surface area contributed by atoms with Gasteiger partial charge >= 0.3 is 5.97 Å². The van der Waals surface area contributed by atoms with Gasteiger partial charge in [-0.3, -0.25) is 9.48 Å². The number of anilines is 1. The zero-order valence-electron chi connectivity index (χ0n) is 13.3. The van der Waals surface area contributed by atoms with E-state index in [4.69, 9.17) is 5.11 Å². The number of carbonyl (C=O) groups is 2. The summed E-state index contributed by atoms with van der Waals surface area (Å²) < 4.78 is 1.80. The fourth-order valence-electron chi connectivity index (χ4n) is 2.89. The van der Waals surface area contributed by atoms with Crippen LogP contribution in [0.3, 0.4) is 0 Å². The van der Waals surface area contributed by atoms with Gasteiger partial charge in [0.25, 0.3) is 5.91 Å². The van der Waals surface area contributed by atoms with Crippen molar-refractivity contribution >= 4 is 17.7 Å². The lowest BCUT2D eigenvalue weighted by atomic mass is 10.1. The number of carbonyl (C=O) groups excluding carboxylic acids is 1. The second-order valence-corrected chi connectivity index (χ2v) is 5.69. The number of hydrogen-bond acceptors (Lipinski definition) is 5. The maximum Gasteiger partial charge on any atom is 0.354 e. The standard InChI is InChI=1S/C16H19N5O3/c1-17-15(22)12-7-9-21(19-12)11-4-3-8-20(10-11)14-6-2-5-13(18-14)16(23)24/h2,5-7,9,11H,3-4,8,10H2,1H3,(H,17,22)(H,23,24). The fraction of sp³-hybridized carbons (Fsp3) is 0.375. The molecule has 1 atom stereocenters. The summed E-state index contributed by atoms with van der Waals surface area (Å²) in [5.41, 5.74) is 0.427. The maximum absolute atomic E-state index is 11.6. The van der Waals surface area contributed by atoms with Crippen LogP contribution in [0.5, 0.6) is 0 Å². The summed E-state index contributed by atoms with van der Waals surface area (Å²) in [5.74, 6) is -0.594. The Labute approximate surface area is 139 Å². The van der Waals surface area contributed by atoms with E-state index < -0.39 is 5.97 Å². The molecule has 8 nitrogen and oxygen atoms in total. The molecule has 24 heavy (non-hydrogen) atoms. The quantitative estimate of drug-likeness (QED) is 0.873. The van der Waals surface area contributed by atoms with Gasteiger partial charge in [-0.2, -0.15) is 5.10 Å². The first-order valence-electron chi connectivity index (χ1n) is 7.81. The molecule has 0 aromatic carbocycles. The molecule has 126 valence electrons. The highest BCUT2D eigenvalue weighted by molar-refractivity contribution is 5.91. The van der Waals surface area contributed by atoms with Gasteiger partial charge in [0.15, 0.2) is 5.69 Å². The summed E-state index contributed by atoms with van der Waals surface area (Å²) in [7, 11) is 1.57. The molecule has 2 aromatic rings. The lowest BCUT2D eigenvalue weighted by Gasteiger charge is -2.33. The number of hydrogen-bond donors (Lipinski definition) is 2. The van der Waals surface area contributed by atoms with E-state index in [0.29, 0.717) is 18.1 Å². The summed E-state index contributed by atoms with van der Waals surface area (Å²) in [4.78, 5) is 29.0. The van der Waals surface area contributed by atoms with Gasteiger partial charge in [0.05, 0.1) is 6.04 Å². The number of aromatic carboxylic acids is 1. The van der Waals surface area contributed by atoms with Crippen LogP contribution < -0.4 is 10.2 Å². The molecule has 0 saturated carbocycles. The molecule has 0 radical (unpaired) electrons. The second-order valence-electron chi connectivity index (χ2n) is 5.69. The lowest BCUT2D eigenvalue weighted by Crippen LogP contribution is -2.37. The normalized spacial score (nSPS) is 17.5. The van der Waals surface area contributed by atoms with E-state index >= 15 is 0 Å². The number of rotatable bonds is 4. The first kappa shape index (κ1) is 16.0. The van der Waals surface area contributed by atoms with E-state index in [0.717, 1.165) is 19.4 Å². The van der Waals surface area contributed by atoms with Crippen LogP contribution in [0.25, 0.3) is 0 Å². The first-order valence-corrected chi connectivity index (χ1v) is 7.81. The Hall–Kier alpha value is -2.90. The second kappa shape index (κ2) is 6.69. The average Bonchev–Trinajstić information content (AvgIpc) is 3.11. The number of aromatic nitrogens is 3. The van der Waals surface area contributed by atoms with Gasteiger partial charge in [0.1, 0.15) is 11.5 Å². The molecule has 1 fully saturated rings. The predicted octanol–water partition coefficient (Wildman–Crippen LogP) is 1.18. The van der Waals surface area contributed by atoms with Crippen molar-refractivity contribution in [2.45, 2.75) is 18.9 Å². The molecule has 1 amide bonds. The molecule has 1 saturated heterocycles. The van der Waals surface area contributed by atoms with E-state index in [1.165, 1.54) is 6.07 Å². The Morgan fingerprint density at radius 1 is 1.29 bits per heavy atom. The number of carboxylic acids is 1. The molecule has 8 heteroatoms. The predicted molar refractivity (Wildman–Crippen MR) is 87.3 cm³/mol. The molecule has 3 rings (SSSR count). The zero-order valence-corrected chi connectivity index (χ0v) is 13.3. The molecule has 3 heterocycles. The Kier molecular flexibility index (Phi) is 4.45. The topological polar surface area (TPSA) is 100 Å². The minimum absolute atomic E-state index is 0.0376. The van der Waals surface area contributed by atoms with Crippen LogP contribution in [0.4, 0.5) is 5.82 Å². The molecule has 0 bridgehead atoms. The Morgan fingerprint density at radius 2 is 2.12 bits per heavy atom. The van der Waals surface area contributed by atoms with Gasteiger partial charge in [-0.1, -0.05) is 6.07 Å². The summed E-state index contributed by atoms with van der Waals surface area (Å²) >= 11 is 0. The van der Waals surface area contributed by atoms with Crippen molar-refractivity contribution in [3.8, 4) is 0 Å². The van der Waals surface area contributed by atoms with Crippen LogP contribution in [0.1, 0.15) is 39.9 Å². The molecule has 0 spiro atoms. The van der Waals surface area contributed by atoms with Crippen molar-refractivity contribution in [1.29, 1.82) is 0 Å². The third-order valence-corrected chi connectivity index (χ3v) is 4.12. The number of nitrogens with one attached hydrogen (secondary N) is 1. The zero-order chi connectivity index (χ0) is 17.1. The van der Waals surface area contributed by atoms with E-state index in [2.05, 4.69) is 20.3 Å². The van der Waals surface area contributed by atoms with Crippen molar-refractivity contribution < 1.29 is 14.7 Å². The smallest absolute Gasteiger partial charge is 0.354 e. The molecule has 0 aliphatic carbocycles. The van der Waals surface area contributed by atoms with E-state index in [-0.39, 0.29) is 17.6 Å². The summed E-state index contributed by atoms with van der Waals surface area (Å²) in [6, 6.07) is 6.81. The Bertz CT molecular complexity index is 758. The van der Waals surface area contributed by atoms with E-state index in [1.807, 2.05) is 6.07 Å². The van der Waals surface area contributed by atoms with Gasteiger partial charge in [0, 0.05) is 26.3 Å². The van der Waals surface area contributed by atoms with Crippen LogP contribution >= 0.6 is 0 Å². The van der Waals surface area contributed by atoms with Crippen molar-refractivity contribution in [3.63, 3.8) is 0 Å². The van der Waals surface area contributed by atoms with Gasteiger partial charge in [-0.05, 0) is 31.0 Å². The van der Waals surface area contributed by atoms with Crippen LogP contribution in [0.2, 0.25) is 0 Å². The van der Waals surface area contributed by atoms with Gasteiger partial charge < -0.3 is 15.3 Å². The lowest BCUT2D eigenvalue weighted by molar-refractivity contribution is 0.0690. The maximum atomic E-state index is 11.6. The third-order valence-electron chi connectivity index (χ3n) is 4.12. The SMILES string of the molecule is CNC(=O)c1ccn(C2CCCN(c3cccc(C(=O)O)n3)C2)n1. The molecular weight excluding hydrogens is 310 g/mol. The minimum atomic E-state index is -1.03. The molecule has 2 N–H and O–H groups in total. The average molecular weight is 329 g/mol. The highest BCUT2D eigenvalue weighted by Gasteiger charge is 2.24. The van der Waals surface area contributed by atoms with Crippen molar-refractivity contribution in [1.82, 2.24) is 20.1 Å². The third kappa shape index (κ3) is 3.22. The molecule has 2 aromatic heterocycles. The van der Waals surface area contributed by atoms with Gasteiger partial charge in [0.2, 0.25) is 0 Å². The Balaban J connectivity index is 1.77. The monoisotopic (exact) mass is 329 g/mol. The van der Waals surface area contributed by atoms with Crippen molar-refractivity contribution in [3.05, 3.63) is 41.9 Å². The molecular formula is C16H19N5O3. The van der Waals surface area contributed by atoms with Crippen LogP contribution in [0.15, 0.2) is 30.5 Å². The summed E-state index contributed by atoms with van der Waals surface area (Å²) in [6.07, 6.45) is 3.70. The summed E-state index contributed by atoms with van der Waals surface area (Å²) in [5, 5.41) is 16.0. The molecule has 1 aliphatic heterocycles. The highest BCUT2D eigenvalue weighted by Crippen LogP contribution is 2.25. The number of pyridine rings is 1. The largest absolute Gasteiger partial charge is 0.477 e. The number of piperidine rings is 1. The fourth-order valence-corrected chi connectivity index (χ4v) is 2.89. The summed E-state index contributed by atoms with van der Waals surface area (Å²) in [6.45, 7) is 1.49. The highest BCUT2D eigenvalue weighted by atomic mass is 16.4. The molecule has 1 aliphatic rings. The van der Waals surface area contributed by atoms with Gasteiger partial charge in [-0.15, -0.1) is 0 Å². The number of carboxylic acid groups (broad SMARTS) is 1. The number of nitrogens with zero attached hydrogens (tertiary/aromatic N) is 4. The van der Waals surface area contributed by atoms with E-state index in [9.17, 15) is 9.59 Å². The van der Waals surface area contributed by atoms with Gasteiger partial charge in [-0.25, -0.2) is 9.78 Å². The van der Waals surface area contributed by atoms with Crippen molar-refractivity contribution in [2.24, 2.45) is 0 Å². The number of amides is 1. The van der Waals surface area contributed by atoms with E-state index in [1.54, 1.807) is 30.1 Å².